The van der Waals surface area contributed by atoms with Crippen LogP contribution in [-0.4, -0.2) is 57.2 Å². The summed E-state index contributed by atoms with van der Waals surface area (Å²) in [5, 5.41) is 0.242. The lowest BCUT2D eigenvalue weighted by Gasteiger charge is -2.43. The van der Waals surface area contributed by atoms with E-state index in [9.17, 15) is 13.6 Å². The van der Waals surface area contributed by atoms with Gasteiger partial charge in [0.25, 0.3) is 5.91 Å². The van der Waals surface area contributed by atoms with E-state index in [2.05, 4.69) is 21.4 Å². The highest BCUT2D eigenvalue weighted by Gasteiger charge is 2.59. The van der Waals surface area contributed by atoms with Crippen LogP contribution < -0.4 is 20.3 Å². The number of halogens is 3. The van der Waals surface area contributed by atoms with Crippen LogP contribution in [0.3, 0.4) is 0 Å². The fourth-order valence-electron chi connectivity index (χ4n) is 4.95. The van der Waals surface area contributed by atoms with E-state index in [1.54, 1.807) is 0 Å². The van der Waals surface area contributed by atoms with Crippen molar-refractivity contribution in [2.75, 3.05) is 35.7 Å². The molecule has 0 radical (unpaired) electrons. The van der Waals surface area contributed by atoms with Gasteiger partial charge in [-0.2, -0.15) is 8.78 Å². The predicted molar refractivity (Wildman–Crippen MR) is 146 cm³/mol. The number of rotatable bonds is 6. The molecule has 35 heavy (non-hydrogen) atoms. The first-order valence-corrected chi connectivity index (χ1v) is 14.3. The van der Waals surface area contributed by atoms with Crippen molar-refractivity contribution >= 4 is 65.7 Å². The maximum atomic E-state index is 14.5. The summed E-state index contributed by atoms with van der Waals surface area (Å²) in [6, 6.07) is 8.79. The lowest BCUT2D eigenvalue weighted by atomic mass is 9.75. The average Bonchev–Trinajstić information content (AvgIpc) is 3.32. The molecule has 1 aliphatic carbocycles. The first-order chi connectivity index (χ1) is 16.7. The average molecular weight is 613 g/mol. The molecule has 1 spiro atoms. The summed E-state index contributed by atoms with van der Waals surface area (Å²) in [6.07, 6.45) is 4.60. The number of aromatic nitrogens is 1. The van der Waals surface area contributed by atoms with Crippen LogP contribution in [0.4, 0.5) is 26.0 Å². The van der Waals surface area contributed by atoms with Gasteiger partial charge < -0.3 is 20.3 Å². The molecule has 11 heteroatoms. The molecule has 1 aromatic heterocycles. The van der Waals surface area contributed by atoms with Crippen molar-refractivity contribution in [1.29, 1.82) is 0 Å². The molecular formula is C24H26F2IN5O2S. The Bertz CT molecular complexity index is 1190. The van der Waals surface area contributed by atoms with Crippen LogP contribution in [0.25, 0.3) is 0 Å². The molecule has 2 saturated heterocycles. The summed E-state index contributed by atoms with van der Waals surface area (Å²) >= 11 is 4.04. The summed E-state index contributed by atoms with van der Waals surface area (Å²) in [5.74, 6) is 0.267. The standard InChI is InChI=1S/C24H26F2IN5O2S/c1-27-24(25,26)19-12-16(13-29-20(19)28)31-21(33)23(9-3-10-23)32(22(31)35)15-4-6-17(7-5-15)34-18-8-11-30(2)14-18/h4-7,12-13,18H,1,3,8-11,14H2,2H3,(H2,28,29)/t18-/m1/s1. The zero-order valence-electron chi connectivity index (χ0n) is 19.2. The van der Waals surface area contributed by atoms with Gasteiger partial charge in [-0.25, -0.2) is 4.98 Å². The van der Waals surface area contributed by atoms with Crippen LogP contribution in [0.5, 0.6) is 5.75 Å². The number of nitrogens with two attached hydrogens (primary N) is 1. The van der Waals surface area contributed by atoms with Crippen molar-refractivity contribution in [2.24, 2.45) is 0 Å². The third-order valence-electron chi connectivity index (χ3n) is 6.97. The summed E-state index contributed by atoms with van der Waals surface area (Å²) in [4.78, 5) is 23.0. The zero-order chi connectivity index (χ0) is 25.0. The molecule has 3 aliphatic rings. The number of ether oxygens (including phenoxy) is 1. The van der Waals surface area contributed by atoms with Gasteiger partial charge >= 0.3 is 3.93 Å². The second-order valence-electron chi connectivity index (χ2n) is 9.19. The van der Waals surface area contributed by atoms with Crippen LogP contribution in [0.2, 0.25) is 0 Å². The molecular weight excluding hydrogens is 587 g/mol. The summed E-state index contributed by atoms with van der Waals surface area (Å²) in [7, 11) is 2.07. The molecule has 7 nitrogen and oxygen atoms in total. The Labute approximate surface area is 218 Å². The quantitative estimate of drug-likeness (QED) is 0.297. The normalized spacial score (nSPS) is 22.2. The van der Waals surface area contributed by atoms with Gasteiger partial charge in [0, 0.05) is 18.8 Å². The third-order valence-corrected chi connectivity index (χ3v) is 8.88. The molecule has 1 saturated carbocycles. The number of hydrogen-bond donors (Lipinski definition) is 1. The number of amides is 1. The maximum absolute atomic E-state index is 14.5. The summed E-state index contributed by atoms with van der Waals surface area (Å²) < 4.78 is 35.3. The Balaban J connectivity index is 1.45. The molecule has 2 aromatic rings. The third kappa shape index (κ3) is 4.10. The molecule has 3 heterocycles. The molecule has 1 amide bonds. The molecule has 1 aromatic carbocycles. The molecule has 0 unspecified atom stereocenters. The van der Waals surface area contributed by atoms with E-state index in [1.807, 2.05) is 29.2 Å². The summed E-state index contributed by atoms with van der Waals surface area (Å²) in [6.45, 7) is 1.90. The minimum absolute atomic E-state index is 0.153. The molecule has 5 rings (SSSR count). The molecule has 186 valence electrons. The number of likely N-dealkylation sites (tertiary alicyclic amines) is 1. The van der Waals surface area contributed by atoms with E-state index in [1.165, 1.54) is 17.2 Å². The van der Waals surface area contributed by atoms with Crippen molar-refractivity contribution in [2.45, 2.75) is 41.3 Å². The maximum Gasteiger partial charge on any atom is 0.319 e. The number of benzene rings is 1. The number of nitrogen functional groups attached to an aromatic ring is 1. The lowest BCUT2D eigenvalue weighted by Crippen LogP contribution is -2.55. The zero-order valence-corrected chi connectivity index (χ0v) is 22.2. The van der Waals surface area contributed by atoms with Crippen LogP contribution in [-0.2, 0) is 8.72 Å². The molecule has 3 fully saturated rings. The highest BCUT2D eigenvalue weighted by atomic mass is 127. The van der Waals surface area contributed by atoms with Gasteiger partial charge in [-0.3, -0.25) is 9.69 Å². The van der Waals surface area contributed by atoms with Crippen molar-refractivity contribution in [3.8, 4) is 5.75 Å². The van der Waals surface area contributed by atoms with E-state index in [0.29, 0.717) is 12.8 Å². The van der Waals surface area contributed by atoms with Crippen LogP contribution in [0.1, 0.15) is 31.2 Å². The van der Waals surface area contributed by atoms with Gasteiger partial charge in [0.15, 0.2) is 5.11 Å². The highest BCUT2D eigenvalue weighted by Crippen LogP contribution is 2.49. The molecule has 2 aliphatic heterocycles. The van der Waals surface area contributed by atoms with Crippen LogP contribution in [0.15, 0.2) is 36.5 Å². The number of carbonyl (C=O) groups excluding carboxylic acids is 1. The number of anilines is 3. The Morgan fingerprint density at radius 2 is 2.00 bits per heavy atom. The number of alkyl halides is 3. The van der Waals surface area contributed by atoms with E-state index in [0.717, 1.165) is 37.4 Å². The summed E-state index contributed by atoms with van der Waals surface area (Å²) in [5.41, 5.74) is 5.47. The number of thiocarbonyl (C=S) groups is 1. The smallest absolute Gasteiger partial charge is 0.319 e. The largest absolute Gasteiger partial charge is 0.489 e. The Hall–Kier alpha value is -2.25. The Morgan fingerprint density at radius 3 is 2.57 bits per heavy atom. The van der Waals surface area contributed by atoms with Gasteiger partial charge in [0.05, 0.1) is 17.4 Å². The topological polar surface area (TPSA) is 74.9 Å². The number of nitrogens with zero attached hydrogens (tertiary/aromatic N) is 4. The first kappa shape index (κ1) is 24.4. The monoisotopic (exact) mass is 613 g/mol. The fourth-order valence-corrected chi connectivity index (χ4v) is 6.26. The number of likely N-dealkylation sites (N-methyl/N-ethyl adjacent to an activating group) is 1. The van der Waals surface area contributed by atoms with Gasteiger partial charge in [0.1, 0.15) is 23.2 Å². The van der Waals surface area contributed by atoms with Crippen molar-refractivity contribution in [1.82, 2.24) is 9.88 Å². The van der Waals surface area contributed by atoms with Crippen LogP contribution in [0, 0.1) is 0 Å². The second kappa shape index (κ2) is 9.00. The van der Waals surface area contributed by atoms with Crippen molar-refractivity contribution < 1.29 is 18.3 Å². The molecule has 0 bridgehead atoms. The number of carbonyl (C=O) groups is 1. The fraction of sp³-hybridized carbons (Fsp3) is 0.417. The van der Waals surface area contributed by atoms with E-state index in [-0.39, 0.29) is 28.6 Å². The van der Waals surface area contributed by atoms with Crippen molar-refractivity contribution in [3.63, 3.8) is 0 Å². The van der Waals surface area contributed by atoms with Gasteiger partial charge in [-0.05, 0) is 96.0 Å². The van der Waals surface area contributed by atoms with E-state index >= 15 is 0 Å². The number of pyridine rings is 1. The van der Waals surface area contributed by atoms with E-state index in [4.69, 9.17) is 22.7 Å². The first-order valence-electron chi connectivity index (χ1n) is 11.3. The second-order valence-corrected chi connectivity index (χ2v) is 11.7. The minimum Gasteiger partial charge on any atom is -0.489 e. The van der Waals surface area contributed by atoms with Gasteiger partial charge in [0.2, 0.25) is 0 Å². The van der Waals surface area contributed by atoms with Gasteiger partial charge in [-0.1, -0.05) is 4.51 Å². The Kier molecular flexibility index (Phi) is 6.29. The number of hydrogen-bond acceptors (Lipinski definition) is 6. The highest BCUT2D eigenvalue weighted by molar-refractivity contribution is 14.2. The van der Waals surface area contributed by atoms with Crippen molar-refractivity contribution in [3.05, 3.63) is 42.1 Å². The van der Waals surface area contributed by atoms with Gasteiger partial charge in [-0.15, -0.1) is 0 Å². The predicted octanol–water partition coefficient (Wildman–Crippen LogP) is 4.26. The lowest BCUT2D eigenvalue weighted by molar-refractivity contribution is -0.123. The molecule has 1 atom stereocenters. The Morgan fingerprint density at radius 1 is 1.29 bits per heavy atom. The molecule has 2 N–H and O–H groups in total. The minimum atomic E-state index is -3.16. The SMILES string of the molecule is C=IC(F)(F)c1cc(N2C(=O)C3(CCC3)N(c3ccc(O[C@@H]4CCN(C)C4)cc3)C2=S)cnc1N. The van der Waals surface area contributed by atoms with Crippen LogP contribution >= 0.6 is 32.9 Å². The van der Waals surface area contributed by atoms with E-state index < -0.39 is 35.8 Å².